The predicted molar refractivity (Wildman–Crippen MR) is 204 cm³/mol. The van der Waals surface area contributed by atoms with Crippen molar-refractivity contribution in [3.63, 3.8) is 0 Å². The van der Waals surface area contributed by atoms with Gasteiger partial charge in [0.25, 0.3) is 0 Å². The van der Waals surface area contributed by atoms with Gasteiger partial charge in [-0.2, -0.15) is 5.48 Å². The Kier molecular flexibility index (Phi) is 16.0. The third kappa shape index (κ3) is 12.6. The lowest BCUT2D eigenvalue weighted by atomic mass is 9.73. The lowest BCUT2D eigenvalue weighted by Crippen LogP contribution is -2.47. The highest BCUT2D eigenvalue weighted by Crippen LogP contribution is 2.37. The van der Waals surface area contributed by atoms with E-state index in [-0.39, 0.29) is 86.4 Å². The number of hydrogen-bond donors (Lipinski definition) is 6. The molecule has 0 spiro atoms. The fourth-order valence-corrected chi connectivity index (χ4v) is 10.7. The summed E-state index contributed by atoms with van der Waals surface area (Å²) in [4.78, 5) is 65.4. The van der Waals surface area contributed by atoms with E-state index < -0.39 is 53.5 Å². The highest BCUT2D eigenvalue weighted by molar-refractivity contribution is 5.86. The van der Waals surface area contributed by atoms with Crippen LogP contribution in [0.4, 0.5) is 0 Å². The topological polar surface area (TPSA) is 227 Å². The molecule has 6 saturated carbocycles. The molecule has 0 aromatic rings. The quantitative estimate of drug-likeness (QED) is 0.109. The van der Waals surface area contributed by atoms with Crippen molar-refractivity contribution in [2.75, 3.05) is 6.61 Å². The summed E-state index contributed by atoms with van der Waals surface area (Å²) in [6.07, 6.45) is 17.6. The maximum Gasteiger partial charge on any atom is 0.307 e. The molecular formula is C42H66N2O13. The molecular weight excluding hydrogens is 740 g/mol. The summed E-state index contributed by atoms with van der Waals surface area (Å²) in [5.41, 5.74) is 3.13. The molecule has 322 valence electrons. The van der Waals surface area contributed by atoms with Crippen molar-refractivity contribution in [3.8, 4) is 0 Å². The zero-order chi connectivity index (χ0) is 40.5. The summed E-state index contributed by atoms with van der Waals surface area (Å²) in [6, 6.07) is 0.108. The minimum Gasteiger partial charge on any atom is -0.481 e. The number of ether oxygens (including phenoxy) is 3. The van der Waals surface area contributed by atoms with Gasteiger partial charge in [-0.15, -0.1) is 0 Å². The van der Waals surface area contributed by atoms with E-state index in [1.807, 2.05) is 0 Å². The van der Waals surface area contributed by atoms with Crippen LogP contribution in [0.15, 0.2) is 0 Å². The maximum absolute atomic E-state index is 13.1. The number of nitrogens with one attached hydrogen (secondary N) is 2. The smallest absolute Gasteiger partial charge is 0.307 e. The zero-order valence-corrected chi connectivity index (χ0v) is 33.3. The number of aliphatic carboxylic acids is 4. The second-order valence-corrected chi connectivity index (χ2v) is 18.1. The van der Waals surface area contributed by atoms with Crippen LogP contribution in [0.1, 0.15) is 141 Å². The van der Waals surface area contributed by atoms with Gasteiger partial charge in [0, 0.05) is 12.1 Å². The molecule has 0 saturated heterocycles. The molecule has 0 radical (unpaired) electrons. The SMILES string of the molecule is O=C(O)C1CCC(C(=O)O)C(CONC2CCC(OC3CCC(OC4CCCC(OC5CCC(NC(=O)C6CC(C(=O)O)CCC6C(=O)O)CC5)C4)CC3)CC2)C1. The van der Waals surface area contributed by atoms with Crippen LogP contribution in [-0.2, 0) is 43.0 Å². The number of rotatable bonds is 16. The molecule has 0 heterocycles. The molecule has 6 aliphatic rings. The standard InChI is InChI=1S/C42H66N2O13/c45-38(37-21-25(40(48)49)5-19-36(37)42(52)53)43-27-6-10-30(11-7-27)56-33-2-1-3-34(22-33)57-32-16-14-31(15-17-32)55-29-12-8-28(9-13-29)44-54-23-26-20-24(39(46)47)4-18-35(26)41(50)51/h24-37,44H,1-23H2,(H,43,45)(H,46,47)(H,48,49)(H,50,51)(H,52,53). The maximum atomic E-state index is 13.1. The summed E-state index contributed by atoms with van der Waals surface area (Å²) < 4.78 is 19.8. The van der Waals surface area contributed by atoms with Crippen molar-refractivity contribution in [1.82, 2.24) is 10.8 Å². The van der Waals surface area contributed by atoms with Crippen LogP contribution in [0.25, 0.3) is 0 Å². The normalized spacial score (nSPS) is 39.1. The number of hydroxylamine groups is 1. The van der Waals surface area contributed by atoms with E-state index in [1.165, 1.54) is 0 Å². The second kappa shape index (κ2) is 20.9. The number of carboxylic acids is 4. The fourth-order valence-electron chi connectivity index (χ4n) is 10.7. The minimum atomic E-state index is -1.03. The van der Waals surface area contributed by atoms with Crippen molar-refractivity contribution >= 4 is 29.8 Å². The molecule has 8 atom stereocenters. The van der Waals surface area contributed by atoms with Gasteiger partial charge in [0.2, 0.25) is 5.91 Å². The molecule has 6 aliphatic carbocycles. The van der Waals surface area contributed by atoms with Crippen LogP contribution >= 0.6 is 0 Å². The van der Waals surface area contributed by atoms with Crippen molar-refractivity contribution in [2.24, 2.45) is 35.5 Å². The molecule has 6 N–H and O–H groups in total. The average Bonchev–Trinajstić information content (AvgIpc) is 3.19. The van der Waals surface area contributed by atoms with E-state index >= 15 is 0 Å². The summed E-state index contributed by atoms with van der Waals surface area (Å²) in [6.45, 7) is 0.196. The molecule has 57 heavy (non-hydrogen) atoms. The highest BCUT2D eigenvalue weighted by atomic mass is 16.6. The van der Waals surface area contributed by atoms with Gasteiger partial charge < -0.3 is 44.8 Å². The van der Waals surface area contributed by atoms with Crippen LogP contribution in [-0.4, -0.2) is 106 Å². The minimum absolute atomic E-state index is 0.0593. The number of carbonyl (C=O) groups excluding carboxylic acids is 1. The summed E-state index contributed by atoms with van der Waals surface area (Å²) in [7, 11) is 0. The van der Waals surface area contributed by atoms with E-state index in [4.69, 9.17) is 19.0 Å². The van der Waals surface area contributed by atoms with Crippen LogP contribution < -0.4 is 10.8 Å². The first-order valence-corrected chi connectivity index (χ1v) is 22.0. The third-order valence-electron chi connectivity index (χ3n) is 14.1. The fraction of sp³-hybridized carbons (Fsp3) is 0.881. The first-order valence-electron chi connectivity index (χ1n) is 22.0. The molecule has 8 unspecified atom stereocenters. The predicted octanol–water partition coefficient (Wildman–Crippen LogP) is 5.32. The van der Waals surface area contributed by atoms with Gasteiger partial charge in [-0.25, -0.2) is 0 Å². The Balaban J connectivity index is 0.824. The van der Waals surface area contributed by atoms with Gasteiger partial charge in [0.05, 0.1) is 72.8 Å². The van der Waals surface area contributed by atoms with Crippen LogP contribution in [0.3, 0.4) is 0 Å². The Hall–Kier alpha value is -2.85. The van der Waals surface area contributed by atoms with Crippen molar-refractivity contribution in [3.05, 3.63) is 0 Å². The van der Waals surface area contributed by atoms with Gasteiger partial charge in [-0.05, 0) is 147 Å². The Labute approximate surface area is 335 Å². The second-order valence-electron chi connectivity index (χ2n) is 18.1. The molecule has 0 aromatic heterocycles. The van der Waals surface area contributed by atoms with Crippen LogP contribution in [0.2, 0.25) is 0 Å². The average molecular weight is 807 g/mol. The van der Waals surface area contributed by atoms with Crippen molar-refractivity contribution in [1.29, 1.82) is 0 Å². The third-order valence-corrected chi connectivity index (χ3v) is 14.1. The Bertz CT molecular complexity index is 1360. The Morgan fingerprint density at radius 2 is 0.895 bits per heavy atom. The first-order chi connectivity index (χ1) is 27.4. The van der Waals surface area contributed by atoms with E-state index in [9.17, 15) is 44.4 Å². The molecule has 1 amide bonds. The lowest BCUT2D eigenvalue weighted by molar-refractivity contribution is -0.154. The highest BCUT2D eigenvalue weighted by Gasteiger charge is 2.43. The zero-order valence-electron chi connectivity index (χ0n) is 33.3. The molecule has 6 fully saturated rings. The summed E-state index contributed by atoms with van der Waals surface area (Å²) >= 11 is 0. The summed E-state index contributed by atoms with van der Waals surface area (Å²) in [5.74, 6) is -7.83. The van der Waals surface area contributed by atoms with Crippen LogP contribution in [0, 0.1) is 35.5 Å². The Morgan fingerprint density at radius 1 is 0.439 bits per heavy atom. The lowest BCUT2D eigenvalue weighted by Gasteiger charge is -2.38. The van der Waals surface area contributed by atoms with Crippen LogP contribution in [0.5, 0.6) is 0 Å². The molecule has 15 heteroatoms. The number of carbonyl (C=O) groups is 5. The van der Waals surface area contributed by atoms with Gasteiger partial charge in [0.15, 0.2) is 0 Å². The van der Waals surface area contributed by atoms with Gasteiger partial charge in [-0.1, -0.05) is 0 Å². The molecule has 0 aliphatic heterocycles. The number of carboxylic acid groups (broad SMARTS) is 4. The van der Waals surface area contributed by atoms with E-state index in [0.29, 0.717) is 19.3 Å². The van der Waals surface area contributed by atoms with Gasteiger partial charge >= 0.3 is 23.9 Å². The van der Waals surface area contributed by atoms with Gasteiger partial charge in [0.1, 0.15) is 0 Å². The molecule has 6 rings (SSSR count). The number of hydrogen-bond acceptors (Lipinski definition) is 10. The molecule has 15 nitrogen and oxygen atoms in total. The van der Waals surface area contributed by atoms with E-state index in [0.717, 1.165) is 103 Å². The monoisotopic (exact) mass is 806 g/mol. The molecule has 0 aromatic carbocycles. The first kappa shape index (κ1) is 43.7. The number of amides is 1. The molecule has 0 bridgehead atoms. The van der Waals surface area contributed by atoms with Crippen molar-refractivity contribution in [2.45, 2.75) is 190 Å². The van der Waals surface area contributed by atoms with Gasteiger partial charge in [-0.3, -0.25) is 24.0 Å². The summed E-state index contributed by atoms with van der Waals surface area (Å²) in [5, 5.41) is 41.2. The van der Waals surface area contributed by atoms with Crippen molar-refractivity contribution < 1.29 is 63.4 Å². The van der Waals surface area contributed by atoms with E-state index in [1.54, 1.807) is 0 Å². The Morgan fingerprint density at radius 3 is 1.40 bits per heavy atom. The van der Waals surface area contributed by atoms with E-state index in [2.05, 4.69) is 10.8 Å². The largest absolute Gasteiger partial charge is 0.481 e.